The summed E-state index contributed by atoms with van der Waals surface area (Å²) < 4.78 is 17.4. The Balaban J connectivity index is 1.41. The van der Waals surface area contributed by atoms with E-state index in [2.05, 4.69) is 10.3 Å². The Hall–Kier alpha value is -4.18. The van der Waals surface area contributed by atoms with Crippen LogP contribution in [0.15, 0.2) is 70.0 Å². The highest BCUT2D eigenvalue weighted by atomic mass is 32.1. The van der Waals surface area contributed by atoms with E-state index in [0.717, 1.165) is 16.9 Å². The fraction of sp³-hybridized carbons (Fsp3) is 0.200. The average Bonchev–Trinajstić information content (AvgIpc) is 3.49. The van der Waals surface area contributed by atoms with E-state index in [9.17, 15) is 14.4 Å². The molecule has 35 heavy (non-hydrogen) atoms. The van der Waals surface area contributed by atoms with Crippen molar-refractivity contribution in [1.29, 1.82) is 0 Å². The van der Waals surface area contributed by atoms with Gasteiger partial charge < -0.3 is 19.2 Å². The van der Waals surface area contributed by atoms with Gasteiger partial charge in [-0.05, 0) is 37.6 Å². The fourth-order valence-corrected chi connectivity index (χ4v) is 4.15. The molecule has 1 aromatic carbocycles. The van der Waals surface area contributed by atoms with E-state index in [1.165, 1.54) is 16.7 Å². The molecule has 0 saturated heterocycles. The number of carbonyl (C=O) groups excluding carboxylic acids is 2. The first-order valence-corrected chi connectivity index (χ1v) is 11.7. The van der Waals surface area contributed by atoms with Crippen molar-refractivity contribution >= 4 is 23.2 Å². The number of thiazole rings is 1. The molecule has 0 fully saturated rings. The number of nitrogens with one attached hydrogen (secondary N) is 1. The molecule has 3 aromatic heterocycles. The van der Waals surface area contributed by atoms with E-state index in [4.69, 9.17) is 13.9 Å². The minimum absolute atomic E-state index is 0.0722. The summed E-state index contributed by atoms with van der Waals surface area (Å²) in [6.45, 7) is 4.07. The molecule has 4 rings (SSSR count). The van der Waals surface area contributed by atoms with Gasteiger partial charge >= 0.3 is 5.97 Å². The zero-order valence-electron chi connectivity index (χ0n) is 19.1. The lowest BCUT2D eigenvalue weighted by Gasteiger charge is -2.07. The van der Waals surface area contributed by atoms with Crippen LogP contribution < -0.4 is 15.6 Å². The molecule has 0 saturated carbocycles. The van der Waals surface area contributed by atoms with Crippen molar-refractivity contribution in [2.75, 3.05) is 6.61 Å². The second-order valence-electron chi connectivity index (χ2n) is 7.43. The Bertz CT molecular complexity index is 1390. The molecule has 0 unspecified atom stereocenters. The van der Waals surface area contributed by atoms with Crippen molar-refractivity contribution < 1.29 is 23.5 Å². The van der Waals surface area contributed by atoms with Crippen LogP contribution in [-0.4, -0.2) is 28.0 Å². The lowest BCUT2D eigenvalue weighted by atomic mass is 10.2. The van der Waals surface area contributed by atoms with Gasteiger partial charge in [-0.25, -0.2) is 9.78 Å². The van der Waals surface area contributed by atoms with Gasteiger partial charge in [0.05, 0.1) is 18.8 Å². The molecular formula is C25H23N3O6S. The number of nitrogens with zero attached hydrogens (tertiary/aromatic N) is 2. The summed E-state index contributed by atoms with van der Waals surface area (Å²) >= 11 is 1.10. The molecule has 0 radical (unpaired) electrons. The Labute approximate surface area is 205 Å². The van der Waals surface area contributed by atoms with Crippen LogP contribution in [0.1, 0.15) is 44.2 Å². The predicted octanol–water partition coefficient (Wildman–Crippen LogP) is 3.88. The first-order chi connectivity index (χ1) is 16.9. The number of aromatic nitrogens is 2. The van der Waals surface area contributed by atoms with Gasteiger partial charge in [-0.2, -0.15) is 0 Å². The third-order valence-corrected chi connectivity index (χ3v) is 6.05. The Morgan fingerprint density at radius 2 is 1.94 bits per heavy atom. The SMILES string of the molecule is CCOC(=O)c1ccc(CNC(=O)c2sc(-n3ccc(OCc4ccccc4)cc3=O)nc2C)o1. The second-order valence-corrected chi connectivity index (χ2v) is 8.40. The van der Waals surface area contributed by atoms with Crippen LogP contribution >= 0.6 is 11.3 Å². The Morgan fingerprint density at radius 3 is 2.69 bits per heavy atom. The molecule has 0 atom stereocenters. The summed E-state index contributed by atoms with van der Waals surface area (Å²) in [6.07, 6.45) is 1.57. The van der Waals surface area contributed by atoms with Crippen LogP contribution in [0.3, 0.4) is 0 Å². The lowest BCUT2D eigenvalue weighted by molar-refractivity contribution is 0.0488. The van der Waals surface area contributed by atoms with Gasteiger partial charge in [0.25, 0.3) is 11.5 Å². The van der Waals surface area contributed by atoms with Gasteiger partial charge in [0, 0.05) is 12.3 Å². The maximum absolute atomic E-state index is 12.7. The molecule has 1 N–H and O–H groups in total. The van der Waals surface area contributed by atoms with Crippen molar-refractivity contribution in [2.24, 2.45) is 0 Å². The quantitative estimate of drug-likeness (QED) is 0.352. The van der Waals surface area contributed by atoms with E-state index in [-0.39, 0.29) is 30.4 Å². The van der Waals surface area contributed by atoms with Gasteiger partial charge in [0.2, 0.25) is 5.76 Å². The first kappa shape index (κ1) is 24.0. The number of ether oxygens (including phenoxy) is 2. The van der Waals surface area contributed by atoms with Gasteiger partial charge in [-0.3, -0.25) is 14.2 Å². The number of carbonyl (C=O) groups is 2. The zero-order valence-corrected chi connectivity index (χ0v) is 20.0. The van der Waals surface area contributed by atoms with Gasteiger partial charge in [-0.1, -0.05) is 41.7 Å². The molecule has 3 heterocycles. The molecule has 0 aliphatic carbocycles. The summed E-state index contributed by atoms with van der Waals surface area (Å²) in [6, 6.07) is 15.8. The molecule has 0 spiro atoms. The molecule has 0 aliphatic heterocycles. The summed E-state index contributed by atoms with van der Waals surface area (Å²) in [5, 5.41) is 3.11. The minimum atomic E-state index is -0.560. The van der Waals surface area contributed by atoms with Gasteiger partial charge in [-0.15, -0.1) is 0 Å². The summed E-state index contributed by atoms with van der Waals surface area (Å²) in [5.41, 5.74) is 1.17. The molecular weight excluding hydrogens is 470 g/mol. The fourth-order valence-electron chi connectivity index (χ4n) is 3.18. The number of esters is 1. The normalized spacial score (nSPS) is 10.7. The highest BCUT2D eigenvalue weighted by Crippen LogP contribution is 2.22. The van der Waals surface area contributed by atoms with E-state index in [0.29, 0.717) is 33.8 Å². The Kier molecular flexibility index (Phi) is 7.41. The van der Waals surface area contributed by atoms with E-state index in [1.54, 1.807) is 32.2 Å². The van der Waals surface area contributed by atoms with Crippen molar-refractivity contribution in [3.63, 3.8) is 0 Å². The average molecular weight is 494 g/mol. The number of rotatable bonds is 9. The molecule has 9 nitrogen and oxygen atoms in total. The summed E-state index contributed by atoms with van der Waals surface area (Å²) in [5.74, 6) is 0.00200. The van der Waals surface area contributed by atoms with Crippen LogP contribution in [0.5, 0.6) is 5.75 Å². The molecule has 4 aromatic rings. The number of benzene rings is 1. The molecule has 10 heteroatoms. The summed E-state index contributed by atoms with van der Waals surface area (Å²) in [7, 11) is 0. The number of hydrogen-bond acceptors (Lipinski definition) is 8. The maximum Gasteiger partial charge on any atom is 0.374 e. The monoisotopic (exact) mass is 493 g/mol. The summed E-state index contributed by atoms with van der Waals surface area (Å²) in [4.78, 5) is 41.8. The topological polar surface area (TPSA) is 113 Å². The molecule has 0 aliphatic rings. The predicted molar refractivity (Wildman–Crippen MR) is 129 cm³/mol. The van der Waals surface area contributed by atoms with Crippen molar-refractivity contribution in [1.82, 2.24) is 14.9 Å². The lowest BCUT2D eigenvalue weighted by Crippen LogP contribution is -2.22. The number of hydrogen-bond donors (Lipinski definition) is 1. The third-order valence-electron chi connectivity index (χ3n) is 4.90. The van der Waals surface area contributed by atoms with Crippen LogP contribution in [0.4, 0.5) is 0 Å². The highest BCUT2D eigenvalue weighted by Gasteiger charge is 2.18. The number of amides is 1. The van der Waals surface area contributed by atoms with Crippen molar-refractivity contribution in [3.8, 4) is 10.9 Å². The zero-order chi connectivity index (χ0) is 24.8. The van der Waals surface area contributed by atoms with E-state index in [1.807, 2.05) is 30.3 Å². The highest BCUT2D eigenvalue weighted by molar-refractivity contribution is 7.16. The third kappa shape index (κ3) is 5.85. The number of pyridine rings is 1. The van der Waals surface area contributed by atoms with E-state index >= 15 is 0 Å². The maximum atomic E-state index is 12.7. The largest absolute Gasteiger partial charge is 0.489 e. The Morgan fingerprint density at radius 1 is 1.14 bits per heavy atom. The minimum Gasteiger partial charge on any atom is -0.489 e. The van der Waals surface area contributed by atoms with E-state index < -0.39 is 5.97 Å². The van der Waals surface area contributed by atoms with Crippen LogP contribution in [0, 0.1) is 6.92 Å². The van der Waals surface area contributed by atoms with Crippen LogP contribution in [0.2, 0.25) is 0 Å². The molecule has 1 amide bonds. The van der Waals surface area contributed by atoms with Crippen molar-refractivity contribution in [2.45, 2.75) is 27.0 Å². The van der Waals surface area contributed by atoms with Crippen LogP contribution in [0.25, 0.3) is 5.13 Å². The van der Waals surface area contributed by atoms with Crippen molar-refractivity contribution in [3.05, 3.63) is 98.8 Å². The van der Waals surface area contributed by atoms with Gasteiger partial charge in [0.15, 0.2) is 5.13 Å². The van der Waals surface area contributed by atoms with Crippen LogP contribution in [-0.2, 0) is 17.9 Å². The second kappa shape index (κ2) is 10.8. The molecule has 0 bridgehead atoms. The number of aryl methyl sites for hydroxylation is 1. The smallest absolute Gasteiger partial charge is 0.374 e. The van der Waals surface area contributed by atoms with Gasteiger partial charge in [0.1, 0.15) is 23.0 Å². The standard InChI is InChI=1S/C25H23N3O6S/c1-3-32-24(31)20-10-9-19(34-20)14-26-23(30)22-16(2)27-25(35-22)28-12-11-18(13-21(28)29)33-15-17-7-5-4-6-8-17/h4-13H,3,14-15H2,1-2H3,(H,26,30). The molecule has 180 valence electrons. The first-order valence-electron chi connectivity index (χ1n) is 10.9. The number of furan rings is 1.